The van der Waals surface area contributed by atoms with Crippen molar-refractivity contribution >= 4 is 5.91 Å². The molecule has 1 aromatic rings. The van der Waals surface area contributed by atoms with E-state index in [1.54, 1.807) is 6.20 Å². The highest BCUT2D eigenvalue weighted by molar-refractivity contribution is 5.81. The molecule has 106 valence electrons. The first kappa shape index (κ1) is 14.1. The zero-order valence-electron chi connectivity index (χ0n) is 11.8. The zero-order chi connectivity index (χ0) is 13.8. The van der Waals surface area contributed by atoms with Crippen LogP contribution in [-0.2, 0) is 4.79 Å². The maximum absolute atomic E-state index is 11.7. The molecule has 0 radical (unpaired) electrons. The summed E-state index contributed by atoms with van der Waals surface area (Å²) in [5.41, 5.74) is 6.40. The Bertz CT molecular complexity index is 421. The SMILES string of the molecule is CC(C)n1cc(C(NC2CCCCC2)C(N)=O)cn1. The van der Waals surface area contributed by atoms with Gasteiger partial charge in [-0.2, -0.15) is 5.10 Å². The van der Waals surface area contributed by atoms with Crippen LogP contribution < -0.4 is 11.1 Å². The molecule has 0 spiro atoms. The Morgan fingerprint density at radius 3 is 2.63 bits per heavy atom. The molecule has 1 aliphatic rings. The van der Waals surface area contributed by atoms with Crippen molar-refractivity contribution in [1.29, 1.82) is 0 Å². The molecule has 1 heterocycles. The molecule has 2 rings (SSSR count). The Morgan fingerprint density at radius 2 is 2.11 bits per heavy atom. The topological polar surface area (TPSA) is 72.9 Å². The summed E-state index contributed by atoms with van der Waals surface area (Å²) < 4.78 is 1.85. The maximum atomic E-state index is 11.7. The molecule has 0 aliphatic heterocycles. The molecule has 0 saturated heterocycles. The van der Waals surface area contributed by atoms with Gasteiger partial charge < -0.3 is 5.73 Å². The lowest BCUT2D eigenvalue weighted by molar-refractivity contribution is -0.120. The second-order valence-corrected chi connectivity index (χ2v) is 5.68. The van der Waals surface area contributed by atoms with Crippen molar-refractivity contribution in [2.45, 2.75) is 64.1 Å². The highest BCUT2D eigenvalue weighted by Gasteiger charge is 2.24. The van der Waals surface area contributed by atoms with E-state index >= 15 is 0 Å². The fourth-order valence-electron chi connectivity index (χ4n) is 2.63. The van der Waals surface area contributed by atoms with Gasteiger partial charge in [-0.25, -0.2) is 0 Å². The van der Waals surface area contributed by atoms with E-state index in [2.05, 4.69) is 24.3 Å². The number of nitrogens with one attached hydrogen (secondary N) is 1. The molecule has 5 heteroatoms. The van der Waals surface area contributed by atoms with E-state index in [0.29, 0.717) is 6.04 Å². The minimum absolute atomic E-state index is 0.289. The lowest BCUT2D eigenvalue weighted by Gasteiger charge is -2.26. The molecule has 5 nitrogen and oxygen atoms in total. The van der Waals surface area contributed by atoms with Crippen LogP contribution in [-0.4, -0.2) is 21.7 Å². The highest BCUT2D eigenvalue weighted by atomic mass is 16.1. The molecule has 1 aliphatic carbocycles. The monoisotopic (exact) mass is 264 g/mol. The van der Waals surface area contributed by atoms with Crippen LogP contribution in [0.5, 0.6) is 0 Å². The summed E-state index contributed by atoms with van der Waals surface area (Å²) in [7, 11) is 0. The van der Waals surface area contributed by atoms with Gasteiger partial charge in [0.1, 0.15) is 6.04 Å². The van der Waals surface area contributed by atoms with Crippen LogP contribution >= 0.6 is 0 Å². The van der Waals surface area contributed by atoms with E-state index in [0.717, 1.165) is 18.4 Å². The van der Waals surface area contributed by atoms with Crippen LogP contribution in [0.4, 0.5) is 0 Å². The van der Waals surface area contributed by atoms with Gasteiger partial charge in [0.15, 0.2) is 0 Å². The first-order valence-corrected chi connectivity index (χ1v) is 7.17. The molecule has 0 aromatic carbocycles. The van der Waals surface area contributed by atoms with E-state index in [4.69, 9.17) is 5.73 Å². The predicted molar refractivity (Wildman–Crippen MR) is 74.6 cm³/mol. The van der Waals surface area contributed by atoms with E-state index in [-0.39, 0.29) is 11.9 Å². The normalized spacial score (nSPS) is 18.7. The van der Waals surface area contributed by atoms with Crippen LogP contribution in [0.1, 0.15) is 63.6 Å². The van der Waals surface area contributed by atoms with Crippen LogP contribution in [0.15, 0.2) is 12.4 Å². The Kier molecular flexibility index (Phi) is 4.58. The van der Waals surface area contributed by atoms with Crippen molar-refractivity contribution in [3.63, 3.8) is 0 Å². The molecule has 1 amide bonds. The molecular formula is C14H24N4O. The van der Waals surface area contributed by atoms with Crippen LogP contribution in [0.3, 0.4) is 0 Å². The third-order valence-corrected chi connectivity index (χ3v) is 3.78. The van der Waals surface area contributed by atoms with Gasteiger partial charge in [0, 0.05) is 23.8 Å². The molecule has 1 aromatic heterocycles. The Labute approximate surface area is 114 Å². The van der Waals surface area contributed by atoms with Crippen LogP contribution in [0, 0.1) is 0 Å². The van der Waals surface area contributed by atoms with Gasteiger partial charge in [-0.3, -0.25) is 14.8 Å². The second kappa shape index (κ2) is 6.19. The fraction of sp³-hybridized carbons (Fsp3) is 0.714. The quantitative estimate of drug-likeness (QED) is 0.853. The average Bonchev–Trinajstić information content (AvgIpc) is 2.86. The molecule has 0 bridgehead atoms. The van der Waals surface area contributed by atoms with E-state index in [9.17, 15) is 4.79 Å². The number of carbonyl (C=O) groups excluding carboxylic acids is 1. The van der Waals surface area contributed by atoms with Crippen molar-refractivity contribution in [1.82, 2.24) is 15.1 Å². The molecular weight excluding hydrogens is 240 g/mol. The summed E-state index contributed by atoms with van der Waals surface area (Å²) in [6.07, 6.45) is 9.67. The van der Waals surface area contributed by atoms with Crippen molar-refractivity contribution < 1.29 is 4.79 Å². The van der Waals surface area contributed by atoms with Gasteiger partial charge in [-0.05, 0) is 26.7 Å². The molecule has 1 saturated carbocycles. The maximum Gasteiger partial charge on any atom is 0.239 e. The summed E-state index contributed by atoms with van der Waals surface area (Å²) >= 11 is 0. The lowest BCUT2D eigenvalue weighted by Crippen LogP contribution is -2.40. The van der Waals surface area contributed by atoms with Gasteiger partial charge in [0.05, 0.1) is 6.20 Å². The molecule has 19 heavy (non-hydrogen) atoms. The van der Waals surface area contributed by atoms with Crippen molar-refractivity contribution in [3.8, 4) is 0 Å². The van der Waals surface area contributed by atoms with Crippen LogP contribution in [0.25, 0.3) is 0 Å². The van der Waals surface area contributed by atoms with Gasteiger partial charge in [0.2, 0.25) is 5.91 Å². The first-order chi connectivity index (χ1) is 9.08. The largest absolute Gasteiger partial charge is 0.368 e. The lowest BCUT2D eigenvalue weighted by atomic mass is 9.94. The molecule has 1 atom stereocenters. The molecule has 3 N–H and O–H groups in total. The van der Waals surface area contributed by atoms with E-state index < -0.39 is 6.04 Å². The summed E-state index contributed by atoms with van der Waals surface area (Å²) in [5.74, 6) is -0.325. The average molecular weight is 264 g/mol. The Balaban J connectivity index is 2.07. The number of rotatable bonds is 5. The summed E-state index contributed by atoms with van der Waals surface area (Å²) in [4.78, 5) is 11.7. The van der Waals surface area contributed by atoms with Crippen molar-refractivity contribution in [2.75, 3.05) is 0 Å². The Hall–Kier alpha value is -1.36. The summed E-state index contributed by atoms with van der Waals surface area (Å²) in [5, 5.41) is 7.68. The predicted octanol–water partition coefficient (Wildman–Crippen LogP) is 1.91. The first-order valence-electron chi connectivity index (χ1n) is 7.17. The number of primary amides is 1. The Morgan fingerprint density at radius 1 is 1.42 bits per heavy atom. The number of hydrogen-bond donors (Lipinski definition) is 2. The van der Waals surface area contributed by atoms with Gasteiger partial charge in [-0.15, -0.1) is 0 Å². The fourth-order valence-corrected chi connectivity index (χ4v) is 2.63. The highest BCUT2D eigenvalue weighted by Crippen LogP contribution is 2.22. The number of nitrogens with two attached hydrogens (primary N) is 1. The molecule has 1 fully saturated rings. The van der Waals surface area contributed by atoms with Gasteiger partial charge >= 0.3 is 0 Å². The van der Waals surface area contributed by atoms with Gasteiger partial charge in [0.25, 0.3) is 0 Å². The van der Waals surface area contributed by atoms with E-state index in [1.807, 2.05) is 10.9 Å². The van der Waals surface area contributed by atoms with Crippen LogP contribution in [0.2, 0.25) is 0 Å². The van der Waals surface area contributed by atoms with Crippen molar-refractivity contribution in [3.05, 3.63) is 18.0 Å². The second-order valence-electron chi connectivity index (χ2n) is 5.68. The number of amides is 1. The number of aromatic nitrogens is 2. The van der Waals surface area contributed by atoms with Gasteiger partial charge in [-0.1, -0.05) is 19.3 Å². The minimum Gasteiger partial charge on any atom is -0.368 e. The smallest absolute Gasteiger partial charge is 0.239 e. The third-order valence-electron chi connectivity index (χ3n) is 3.78. The number of carbonyl (C=O) groups is 1. The van der Waals surface area contributed by atoms with E-state index in [1.165, 1.54) is 19.3 Å². The van der Waals surface area contributed by atoms with Crippen molar-refractivity contribution in [2.24, 2.45) is 5.73 Å². The minimum atomic E-state index is -0.421. The summed E-state index contributed by atoms with van der Waals surface area (Å²) in [6, 6.07) is 0.265. The standard InChI is InChI=1S/C14H24N4O/c1-10(2)18-9-11(8-16-18)13(14(15)19)17-12-6-4-3-5-7-12/h8-10,12-13,17H,3-7H2,1-2H3,(H2,15,19). The zero-order valence-corrected chi connectivity index (χ0v) is 11.8. The number of nitrogens with zero attached hydrogens (tertiary/aromatic N) is 2. The number of hydrogen-bond acceptors (Lipinski definition) is 3. The molecule has 1 unspecified atom stereocenters. The third kappa shape index (κ3) is 3.56. The summed E-state index contributed by atoms with van der Waals surface area (Å²) in [6.45, 7) is 4.12.